The zero-order valence-corrected chi connectivity index (χ0v) is 13.4. The molecule has 2 aromatic heterocycles. The first-order valence-corrected chi connectivity index (χ1v) is 8.09. The fourth-order valence-electron chi connectivity index (χ4n) is 3.38. The van der Waals surface area contributed by atoms with Crippen molar-refractivity contribution in [3.63, 3.8) is 0 Å². The highest BCUT2D eigenvalue weighted by Gasteiger charge is 2.29. The molecule has 4 nitrogen and oxygen atoms in total. The summed E-state index contributed by atoms with van der Waals surface area (Å²) in [4.78, 5) is 4.60. The van der Waals surface area contributed by atoms with Crippen molar-refractivity contribution in [2.45, 2.75) is 25.8 Å². The summed E-state index contributed by atoms with van der Waals surface area (Å²) >= 11 is 0. The molecule has 1 unspecified atom stereocenters. The van der Waals surface area contributed by atoms with Crippen molar-refractivity contribution in [2.24, 2.45) is 0 Å². The van der Waals surface area contributed by atoms with E-state index in [1.165, 1.54) is 12.1 Å². The molecule has 1 aliphatic rings. The van der Waals surface area contributed by atoms with Gasteiger partial charge in [-0.1, -0.05) is 18.2 Å². The lowest BCUT2D eigenvalue weighted by molar-refractivity contribution is 0.224. The Balaban J connectivity index is 1.94. The number of rotatable bonds is 3. The van der Waals surface area contributed by atoms with Gasteiger partial charge in [0.25, 0.3) is 0 Å². The summed E-state index contributed by atoms with van der Waals surface area (Å²) in [6.45, 7) is 2.01. The van der Waals surface area contributed by atoms with Gasteiger partial charge in [0.1, 0.15) is 11.5 Å². The molecule has 0 bridgehead atoms. The minimum Gasteiger partial charge on any atom is -0.394 e. The average Bonchev–Trinajstić information content (AvgIpc) is 3.14. The Hall–Kier alpha value is -2.53. The van der Waals surface area contributed by atoms with E-state index in [2.05, 4.69) is 4.98 Å². The standard InChI is InChI=1S/C19H18FN3O/c1-12-3-2-4-16(21-12)19-18(13-5-7-14(20)8-6-13)17-10-9-15(11-24)23(17)22-19/h2-8,15,24H,9-11H2,1H3. The molecule has 1 aliphatic heterocycles. The van der Waals surface area contributed by atoms with Gasteiger partial charge in [0.05, 0.1) is 18.3 Å². The highest BCUT2D eigenvalue weighted by Crippen LogP contribution is 2.39. The van der Waals surface area contributed by atoms with Gasteiger partial charge in [-0.3, -0.25) is 9.67 Å². The van der Waals surface area contributed by atoms with Gasteiger partial charge in [-0.2, -0.15) is 5.10 Å². The summed E-state index contributed by atoms with van der Waals surface area (Å²) in [6.07, 6.45) is 1.71. The maximum atomic E-state index is 13.3. The van der Waals surface area contributed by atoms with Crippen LogP contribution in [0, 0.1) is 12.7 Å². The molecule has 122 valence electrons. The van der Waals surface area contributed by atoms with E-state index in [1.807, 2.05) is 29.8 Å². The topological polar surface area (TPSA) is 50.9 Å². The molecule has 1 atom stereocenters. The lowest BCUT2D eigenvalue weighted by Gasteiger charge is -2.07. The molecular formula is C19H18FN3O. The van der Waals surface area contributed by atoms with Crippen LogP contribution in [0.4, 0.5) is 4.39 Å². The van der Waals surface area contributed by atoms with Gasteiger partial charge in [-0.25, -0.2) is 4.39 Å². The quantitative estimate of drug-likeness (QED) is 0.802. The van der Waals surface area contributed by atoms with Crippen LogP contribution in [0.25, 0.3) is 22.5 Å². The molecule has 0 radical (unpaired) electrons. The maximum absolute atomic E-state index is 13.3. The second-order valence-electron chi connectivity index (χ2n) is 6.16. The first-order valence-electron chi connectivity index (χ1n) is 8.09. The van der Waals surface area contributed by atoms with Crippen molar-refractivity contribution in [1.82, 2.24) is 14.8 Å². The number of halogens is 1. The number of nitrogens with zero attached hydrogens (tertiary/aromatic N) is 3. The maximum Gasteiger partial charge on any atom is 0.123 e. The van der Waals surface area contributed by atoms with Crippen LogP contribution >= 0.6 is 0 Å². The lowest BCUT2D eigenvalue weighted by Crippen LogP contribution is -2.09. The fraction of sp³-hybridized carbons (Fsp3) is 0.263. The Morgan fingerprint density at radius 2 is 2.00 bits per heavy atom. The molecule has 0 fully saturated rings. The lowest BCUT2D eigenvalue weighted by atomic mass is 9.99. The summed E-state index contributed by atoms with van der Waals surface area (Å²) in [5.74, 6) is -0.258. The van der Waals surface area contributed by atoms with Crippen molar-refractivity contribution in [2.75, 3.05) is 6.61 Å². The van der Waals surface area contributed by atoms with Gasteiger partial charge in [0.2, 0.25) is 0 Å². The third-order valence-electron chi connectivity index (χ3n) is 4.54. The van der Waals surface area contributed by atoms with E-state index in [0.29, 0.717) is 0 Å². The average molecular weight is 323 g/mol. The molecule has 0 spiro atoms. The number of aliphatic hydroxyl groups excluding tert-OH is 1. The van der Waals surface area contributed by atoms with Gasteiger partial charge in [0, 0.05) is 17.0 Å². The van der Waals surface area contributed by atoms with E-state index in [0.717, 1.165) is 46.7 Å². The van der Waals surface area contributed by atoms with Crippen LogP contribution in [0.2, 0.25) is 0 Å². The van der Waals surface area contributed by atoms with Crippen molar-refractivity contribution in [3.8, 4) is 22.5 Å². The molecular weight excluding hydrogens is 305 g/mol. The number of benzene rings is 1. The van der Waals surface area contributed by atoms with Gasteiger partial charge < -0.3 is 5.11 Å². The number of pyridine rings is 1. The van der Waals surface area contributed by atoms with E-state index < -0.39 is 0 Å². The number of aryl methyl sites for hydroxylation is 1. The summed E-state index contributed by atoms with van der Waals surface area (Å²) in [5.41, 5.74) is 5.51. The Morgan fingerprint density at radius 3 is 2.71 bits per heavy atom. The zero-order valence-electron chi connectivity index (χ0n) is 13.4. The summed E-state index contributed by atoms with van der Waals surface area (Å²) in [7, 11) is 0. The monoisotopic (exact) mass is 323 g/mol. The third kappa shape index (κ3) is 2.41. The van der Waals surface area contributed by atoms with E-state index in [4.69, 9.17) is 5.10 Å². The fourth-order valence-corrected chi connectivity index (χ4v) is 3.38. The Bertz CT molecular complexity index is 886. The van der Waals surface area contributed by atoms with Crippen LogP contribution in [0.3, 0.4) is 0 Å². The minimum atomic E-state index is -0.258. The number of hydrogen-bond acceptors (Lipinski definition) is 3. The summed E-state index contributed by atoms with van der Waals surface area (Å²) < 4.78 is 15.2. The van der Waals surface area contributed by atoms with Crippen LogP contribution in [0.15, 0.2) is 42.5 Å². The van der Waals surface area contributed by atoms with Gasteiger partial charge in [0.15, 0.2) is 0 Å². The van der Waals surface area contributed by atoms with Crippen LogP contribution in [-0.4, -0.2) is 26.5 Å². The van der Waals surface area contributed by atoms with E-state index in [1.54, 1.807) is 12.1 Å². The van der Waals surface area contributed by atoms with Crippen LogP contribution in [0.5, 0.6) is 0 Å². The van der Waals surface area contributed by atoms with Crippen LogP contribution in [0.1, 0.15) is 23.9 Å². The molecule has 4 rings (SSSR count). The summed E-state index contributed by atoms with van der Waals surface area (Å²) in [5, 5.41) is 14.4. The first kappa shape index (κ1) is 15.0. The molecule has 0 saturated heterocycles. The van der Waals surface area contributed by atoms with E-state index in [-0.39, 0.29) is 18.5 Å². The molecule has 24 heavy (non-hydrogen) atoms. The number of aromatic nitrogens is 3. The highest BCUT2D eigenvalue weighted by molar-refractivity contribution is 5.81. The van der Waals surface area contributed by atoms with Gasteiger partial charge >= 0.3 is 0 Å². The number of aliphatic hydroxyl groups is 1. The van der Waals surface area contributed by atoms with Crippen molar-refractivity contribution >= 4 is 0 Å². The molecule has 0 saturated carbocycles. The van der Waals surface area contributed by atoms with E-state index in [9.17, 15) is 9.50 Å². The minimum absolute atomic E-state index is 0.00208. The molecule has 5 heteroatoms. The van der Waals surface area contributed by atoms with E-state index >= 15 is 0 Å². The third-order valence-corrected chi connectivity index (χ3v) is 4.54. The van der Waals surface area contributed by atoms with Crippen LogP contribution in [-0.2, 0) is 6.42 Å². The SMILES string of the molecule is Cc1cccc(-c2nn3c(c2-c2ccc(F)cc2)CCC3CO)n1. The van der Waals surface area contributed by atoms with Crippen molar-refractivity contribution in [1.29, 1.82) is 0 Å². The van der Waals surface area contributed by atoms with Crippen molar-refractivity contribution < 1.29 is 9.50 Å². The largest absolute Gasteiger partial charge is 0.394 e. The Kier molecular flexibility index (Phi) is 3.65. The summed E-state index contributed by atoms with van der Waals surface area (Å²) in [6, 6.07) is 12.3. The molecule has 1 N–H and O–H groups in total. The second-order valence-corrected chi connectivity index (χ2v) is 6.16. The predicted molar refractivity (Wildman–Crippen MR) is 90.0 cm³/mol. The first-order chi connectivity index (χ1) is 11.7. The molecule has 0 amide bonds. The zero-order chi connectivity index (χ0) is 16.7. The molecule has 3 heterocycles. The van der Waals surface area contributed by atoms with Crippen molar-refractivity contribution in [3.05, 3.63) is 59.7 Å². The Labute approximate surface area is 139 Å². The number of hydrogen-bond donors (Lipinski definition) is 1. The molecule has 1 aromatic carbocycles. The second kappa shape index (κ2) is 5.83. The molecule has 0 aliphatic carbocycles. The number of fused-ring (bicyclic) bond motifs is 1. The van der Waals surface area contributed by atoms with Crippen LogP contribution < -0.4 is 0 Å². The normalized spacial score (nSPS) is 16.4. The molecule has 3 aromatic rings. The smallest absolute Gasteiger partial charge is 0.123 e. The van der Waals surface area contributed by atoms with Gasteiger partial charge in [-0.05, 0) is 49.6 Å². The highest BCUT2D eigenvalue weighted by atomic mass is 19.1. The predicted octanol–water partition coefficient (Wildman–Crippen LogP) is 3.54. The Morgan fingerprint density at radius 1 is 1.21 bits per heavy atom. The van der Waals surface area contributed by atoms with Gasteiger partial charge in [-0.15, -0.1) is 0 Å².